The second kappa shape index (κ2) is 6.53. The van der Waals surface area contributed by atoms with Gasteiger partial charge in [-0.1, -0.05) is 0 Å². The van der Waals surface area contributed by atoms with Crippen molar-refractivity contribution in [2.24, 2.45) is 0 Å². The highest BCUT2D eigenvalue weighted by Gasteiger charge is 2.11. The molecule has 1 heterocycles. The lowest BCUT2D eigenvalue weighted by molar-refractivity contribution is -0.384. The number of oxazole rings is 1. The first-order chi connectivity index (χ1) is 9.97. The molecule has 0 aliphatic rings. The van der Waals surface area contributed by atoms with Gasteiger partial charge in [0.05, 0.1) is 4.92 Å². The SMILES string of the molecule is CC(C)N(C)CCCNc1nc2cc([N+](=O)[O-])ccc2o1. The Labute approximate surface area is 123 Å². The molecule has 1 aromatic heterocycles. The lowest BCUT2D eigenvalue weighted by atomic mass is 10.3. The van der Waals surface area contributed by atoms with E-state index in [9.17, 15) is 10.1 Å². The normalized spacial score (nSPS) is 11.5. The van der Waals surface area contributed by atoms with Gasteiger partial charge in [0.2, 0.25) is 0 Å². The molecular formula is C14H20N4O3. The van der Waals surface area contributed by atoms with E-state index in [1.54, 1.807) is 6.07 Å². The van der Waals surface area contributed by atoms with E-state index in [0.717, 1.165) is 19.5 Å². The zero-order valence-electron chi connectivity index (χ0n) is 12.5. The first kappa shape index (κ1) is 15.2. The number of benzene rings is 1. The van der Waals surface area contributed by atoms with Crippen LogP contribution in [0.3, 0.4) is 0 Å². The number of nitrogens with one attached hydrogen (secondary N) is 1. The number of fused-ring (bicyclic) bond motifs is 1. The third kappa shape index (κ3) is 3.91. The zero-order chi connectivity index (χ0) is 15.4. The van der Waals surface area contributed by atoms with Crippen LogP contribution < -0.4 is 5.32 Å². The van der Waals surface area contributed by atoms with Gasteiger partial charge in [0.25, 0.3) is 11.7 Å². The summed E-state index contributed by atoms with van der Waals surface area (Å²) in [6.07, 6.45) is 0.966. The Morgan fingerprint density at radius 1 is 1.48 bits per heavy atom. The highest BCUT2D eigenvalue weighted by atomic mass is 16.6. The molecule has 1 aromatic carbocycles. The minimum absolute atomic E-state index is 0.0147. The molecular weight excluding hydrogens is 272 g/mol. The fourth-order valence-corrected chi connectivity index (χ4v) is 1.89. The van der Waals surface area contributed by atoms with Crippen molar-refractivity contribution in [1.82, 2.24) is 9.88 Å². The monoisotopic (exact) mass is 292 g/mol. The van der Waals surface area contributed by atoms with Crippen molar-refractivity contribution >= 4 is 22.8 Å². The van der Waals surface area contributed by atoms with E-state index >= 15 is 0 Å². The Balaban J connectivity index is 1.92. The summed E-state index contributed by atoms with van der Waals surface area (Å²) < 4.78 is 5.50. The molecule has 0 bridgehead atoms. The van der Waals surface area contributed by atoms with Gasteiger partial charge < -0.3 is 14.6 Å². The van der Waals surface area contributed by atoms with E-state index in [-0.39, 0.29) is 5.69 Å². The lowest BCUT2D eigenvalue weighted by Gasteiger charge is -2.20. The maximum Gasteiger partial charge on any atom is 0.295 e. The molecule has 0 aliphatic carbocycles. The molecule has 21 heavy (non-hydrogen) atoms. The van der Waals surface area contributed by atoms with Crippen molar-refractivity contribution in [1.29, 1.82) is 0 Å². The second-order valence-electron chi connectivity index (χ2n) is 5.28. The Morgan fingerprint density at radius 3 is 2.90 bits per heavy atom. The van der Waals surface area contributed by atoms with Gasteiger partial charge >= 0.3 is 0 Å². The number of anilines is 1. The van der Waals surface area contributed by atoms with Gasteiger partial charge in [0.15, 0.2) is 5.58 Å². The predicted molar refractivity (Wildman–Crippen MR) is 81.5 cm³/mol. The predicted octanol–water partition coefficient (Wildman–Crippen LogP) is 2.88. The second-order valence-corrected chi connectivity index (χ2v) is 5.28. The van der Waals surface area contributed by atoms with E-state index in [1.807, 2.05) is 0 Å². The summed E-state index contributed by atoms with van der Waals surface area (Å²) in [6.45, 7) is 6.03. The van der Waals surface area contributed by atoms with Gasteiger partial charge in [0, 0.05) is 24.7 Å². The summed E-state index contributed by atoms with van der Waals surface area (Å²) in [5, 5.41) is 13.8. The molecule has 7 nitrogen and oxygen atoms in total. The number of non-ortho nitro benzene ring substituents is 1. The summed E-state index contributed by atoms with van der Waals surface area (Å²) in [4.78, 5) is 16.7. The molecule has 0 saturated carbocycles. The molecule has 0 saturated heterocycles. The molecule has 0 fully saturated rings. The summed E-state index contributed by atoms with van der Waals surface area (Å²) in [5.41, 5.74) is 1.05. The summed E-state index contributed by atoms with van der Waals surface area (Å²) >= 11 is 0. The van der Waals surface area contributed by atoms with Gasteiger partial charge in [-0.3, -0.25) is 10.1 Å². The fourth-order valence-electron chi connectivity index (χ4n) is 1.89. The third-order valence-corrected chi connectivity index (χ3v) is 3.43. The number of nitrogens with zero attached hydrogens (tertiary/aromatic N) is 3. The van der Waals surface area contributed by atoms with Crippen molar-refractivity contribution in [3.63, 3.8) is 0 Å². The highest BCUT2D eigenvalue weighted by molar-refractivity contribution is 5.77. The fraction of sp³-hybridized carbons (Fsp3) is 0.500. The van der Waals surface area contributed by atoms with Crippen molar-refractivity contribution in [3.8, 4) is 0 Å². The van der Waals surface area contributed by atoms with E-state index in [0.29, 0.717) is 23.2 Å². The third-order valence-electron chi connectivity index (χ3n) is 3.43. The summed E-state index contributed by atoms with van der Waals surface area (Å²) in [6, 6.07) is 5.32. The van der Waals surface area contributed by atoms with Crippen molar-refractivity contribution in [3.05, 3.63) is 28.3 Å². The standard InChI is InChI=1S/C14H20N4O3/c1-10(2)17(3)8-4-7-15-14-16-12-9-11(18(19)20)5-6-13(12)21-14/h5-6,9-10H,4,7-8H2,1-3H3,(H,15,16). The number of nitro groups is 1. The quantitative estimate of drug-likeness (QED) is 0.480. The molecule has 0 amide bonds. The topological polar surface area (TPSA) is 84.4 Å². The smallest absolute Gasteiger partial charge is 0.295 e. The molecule has 114 valence electrons. The minimum Gasteiger partial charge on any atom is -0.424 e. The van der Waals surface area contributed by atoms with Crippen LogP contribution in [0.15, 0.2) is 22.6 Å². The van der Waals surface area contributed by atoms with E-state index < -0.39 is 4.92 Å². The van der Waals surface area contributed by atoms with Gasteiger partial charge in [-0.25, -0.2) is 0 Å². The van der Waals surface area contributed by atoms with Crippen LogP contribution >= 0.6 is 0 Å². The average Bonchev–Trinajstić information content (AvgIpc) is 2.84. The Hall–Kier alpha value is -2.15. The van der Waals surface area contributed by atoms with Crippen molar-refractivity contribution in [2.45, 2.75) is 26.3 Å². The van der Waals surface area contributed by atoms with Crippen molar-refractivity contribution in [2.75, 3.05) is 25.5 Å². The van der Waals surface area contributed by atoms with Crippen LogP contribution in [0.1, 0.15) is 20.3 Å². The molecule has 2 rings (SSSR count). The Morgan fingerprint density at radius 2 is 2.24 bits per heavy atom. The van der Waals surface area contributed by atoms with Crippen molar-refractivity contribution < 1.29 is 9.34 Å². The number of nitro benzene ring substituents is 1. The molecule has 0 radical (unpaired) electrons. The van der Waals surface area contributed by atoms with Crippen LogP contribution in [0.2, 0.25) is 0 Å². The molecule has 0 unspecified atom stereocenters. The largest absolute Gasteiger partial charge is 0.424 e. The van der Waals surface area contributed by atoms with Gasteiger partial charge in [-0.05, 0) is 39.9 Å². The van der Waals surface area contributed by atoms with Crippen LogP contribution in [0.4, 0.5) is 11.7 Å². The maximum atomic E-state index is 10.7. The van der Waals surface area contributed by atoms with Crippen LogP contribution in [-0.2, 0) is 0 Å². The van der Waals surface area contributed by atoms with E-state index in [1.165, 1.54) is 12.1 Å². The highest BCUT2D eigenvalue weighted by Crippen LogP contribution is 2.23. The van der Waals surface area contributed by atoms with E-state index in [2.05, 4.69) is 36.1 Å². The van der Waals surface area contributed by atoms with Crippen LogP contribution in [0.25, 0.3) is 11.1 Å². The lowest BCUT2D eigenvalue weighted by Crippen LogP contribution is -2.28. The number of hydrogen-bond donors (Lipinski definition) is 1. The Kier molecular flexibility index (Phi) is 4.74. The molecule has 1 N–H and O–H groups in total. The molecule has 7 heteroatoms. The first-order valence-corrected chi connectivity index (χ1v) is 6.96. The average molecular weight is 292 g/mol. The number of aromatic nitrogens is 1. The van der Waals surface area contributed by atoms with Crippen LogP contribution in [0, 0.1) is 10.1 Å². The molecule has 0 spiro atoms. The van der Waals surface area contributed by atoms with Gasteiger partial charge in [-0.15, -0.1) is 0 Å². The number of rotatable bonds is 7. The maximum absolute atomic E-state index is 10.7. The first-order valence-electron chi connectivity index (χ1n) is 6.96. The summed E-state index contributed by atoms with van der Waals surface area (Å²) in [5.74, 6) is 0. The van der Waals surface area contributed by atoms with Gasteiger partial charge in [-0.2, -0.15) is 4.98 Å². The molecule has 2 aromatic rings. The molecule has 0 atom stereocenters. The van der Waals surface area contributed by atoms with E-state index in [4.69, 9.17) is 4.42 Å². The van der Waals surface area contributed by atoms with Crippen LogP contribution in [0.5, 0.6) is 0 Å². The summed E-state index contributed by atoms with van der Waals surface area (Å²) in [7, 11) is 2.09. The number of hydrogen-bond acceptors (Lipinski definition) is 6. The molecule has 0 aliphatic heterocycles. The minimum atomic E-state index is -0.441. The van der Waals surface area contributed by atoms with Gasteiger partial charge in [0.1, 0.15) is 5.52 Å². The van der Waals surface area contributed by atoms with Crippen LogP contribution in [-0.4, -0.2) is 41.0 Å². The zero-order valence-corrected chi connectivity index (χ0v) is 12.5. The Bertz CT molecular complexity index is 624.